The number of halogens is 2. The Hall–Kier alpha value is -2.49. The highest BCUT2D eigenvalue weighted by Crippen LogP contribution is 2.27. The summed E-state index contributed by atoms with van der Waals surface area (Å²) in [6, 6.07) is 19.2. The Morgan fingerprint density at radius 2 is 1.73 bits per heavy atom. The van der Waals surface area contributed by atoms with Crippen molar-refractivity contribution in [3.63, 3.8) is 0 Å². The Labute approximate surface area is 161 Å². The number of ketones is 1. The fraction of sp³-hybridized carbons (Fsp3) is 0.0952. The van der Waals surface area contributed by atoms with E-state index in [9.17, 15) is 9.90 Å². The van der Waals surface area contributed by atoms with E-state index in [4.69, 9.17) is 27.9 Å². The molecule has 0 bridgehead atoms. The smallest absolute Gasteiger partial charge is 0.170 e. The Balaban J connectivity index is 1.68. The van der Waals surface area contributed by atoms with Crippen molar-refractivity contribution in [1.82, 2.24) is 0 Å². The minimum absolute atomic E-state index is 0.106. The van der Waals surface area contributed by atoms with Crippen LogP contribution in [-0.4, -0.2) is 10.9 Å². The first-order valence-corrected chi connectivity index (χ1v) is 8.75. The summed E-state index contributed by atoms with van der Waals surface area (Å²) in [5, 5.41) is 11.2. The van der Waals surface area contributed by atoms with E-state index >= 15 is 0 Å². The summed E-state index contributed by atoms with van der Waals surface area (Å²) in [6.45, 7) is 0.229. The molecule has 0 saturated heterocycles. The molecule has 1 N–H and O–H groups in total. The first kappa shape index (κ1) is 18.3. The van der Waals surface area contributed by atoms with Gasteiger partial charge in [-0.15, -0.1) is 0 Å². The molecule has 0 amide bonds. The van der Waals surface area contributed by atoms with Crippen molar-refractivity contribution in [3.05, 3.63) is 93.5 Å². The van der Waals surface area contributed by atoms with Crippen molar-refractivity contribution in [2.24, 2.45) is 0 Å². The topological polar surface area (TPSA) is 46.5 Å². The van der Waals surface area contributed by atoms with Gasteiger partial charge in [-0.2, -0.15) is 0 Å². The van der Waals surface area contributed by atoms with Crippen LogP contribution < -0.4 is 4.74 Å². The molecule has 132 valence electrons. The number of carbonyl (C=O) groups is 1. The number of phenolic OH excluding ortho intramolecular Hbond substituents is 1. The number of hydrogen-bond acceptors (Lipinski definition) is 3. The second-order valence-electron chi connectivity index (χ2n) is 5.79. The van der Waals surface area contributed by atoms with E-state index in [0.717, 1.165) is 11.1 Å². The molecule has 0 aromatic heterocycles. The van der Waals surface area contributed by atoms with E-state index in [-0.39, 0.29) is 30.1 Å². The minimum Gasteiger partial charge on any atom is -0.507 e. The van der Waals surface area contributed by atoms with Crippen LogP contribution in [0.4, 0.5) is 0 Å². The predicted molar refractivity (Wildman–Crippen MR) is 103 cm³/mol. The van der Waals surface area contributed by atoms with Crippen molar-refractivity contribution >= 4 is 29.0 Å². The molecule has 0 saturated carbocycles. The largest absolute Gasteiger partial charge is 0.507 e. The van der Waals surface area contributed by atoms with Gasteiger partial charge in [0, 0.05) is 28.1 Å². The van der Waals surface area contributed by atoms with E-state index in [1.54, 1.807) is 30.3 Å². The molecule has 5 heteroatoms. The number of Topliss-reactive ketones (excluding diaryl/α,β-unsaturated/α-hetero) is 1. The molecule has 0 aliphatic heterocycles. The van der Waals surface area contributed by atoms with Crippen molar-refractivity contribution in [2.75, 3.05) is 0 Å². The molecular weight excluding hydrogens is 371 g/mol. The lowest BCUT2D eigenvalue weighted by molar-refractivity contribution is 0.0990. The Morgan fingerprint density at radius 3 is 2.42 bits per heavy atom. The highest BCUT2D eigenvalue weighted by molar-refractivity contribution is 6.35. The summed E-state index contributed by atoms with van der Waals surface area (Å²) in [7, 11) is 0. The van der Waals surface area contributed by atoms with Crippen molar-refractivity contribution < 1.29 is 14.6 Å². The van der Waals surface area contributed by atoms with Gasteiger partial charge in [-0.05, 0) is 29.8 Å². The van der Waals surface area contributed by atoms with Gasteiger partial charge in [-0.25, -0.2) is 0 Å². The third kappa shape index (κ3) is 4.57. The quantitative estimate of drug-likeness (QED) is 0.552. The first-order valence-electron chi connectivity index (χ1n) is 8.00. The predicted octanol–water partition coefficient (Wildman–Crippen LogP) is 5.70. The SMILES string of the molecule is O=C(Cc1ccccc1)c1ccc(OCc2ccc(Cl)cc2Cl)cc1O. The molecule has 0 radical (unpaired) electrons. The standard InChI is InChI=1S/C21H16Cl2O3/c22-16-7-6-15(19(23)11-16)13-26-17-8-9-18(21(25)12-17)20(24)10-14-4-2-1-3-5-14/h1-9,11-12,25H,10,13H2. The third-order valence-electron chi connectivity index (χ3n) is 3.89. The molecule has 3 rings (SSSR count). The molecule has 3 nitrogen and oxygen atoms in total. The molecule has 0 fully saturated rings. The second kappa shape index (κ2) is 8.26. The van der Waals surface area contributed by atoms with E-state index in [0.29, 0.717) is 15.8 Å². The maximum atomic E-state index is 12.4. The van der Waals surface area contributed by atoms with E-state index in [1.807, 2.05) is 30.3 Å². The number of benzene rings is 3. The van der Waals surface area contributed by atoms with Crippen LogP contribution in [0, 0.1) is 0 Å². The third-order valence-corrected chi connectivity index (χ3v) is 4.47. The molecule has 26 heavy (non-hydrogen) atoms. The van der Waals surface area contributed by atoms with Gasteiger partial charge in [-0.1, -0.05) is 59.6 Å². The number of hydrogen-bond donors (Lipinski definition) is 1. The van der Waals surface area contributed by atoms with Gasteiger partial charge in [0.1, 0.15) is 18.1 Å². The minimum atomic E-state index is -0.152. The number of phenols is 1. The number of ether oxygens (including phenoxy) is 1. The van der Waals surface area contributed by atoms with Crippen LogP contribution in [0.1, 0.15) is 21.5 Å². The maximum absolute atomic E-state index is 12.4. The molecule has 3 aromatic rings. The number of carbonyl (C=O) groups excluding carboxylic acids is 1. The van der Waals surface area contributed by atoms with Gasteiger partial charge in [0.25, 0.3) is 0 Å². The maximum Gasteiger partial charge on any atom is 0.170 e. The normalized spacial score (nSPS) is 10.5. The number of rotatable bonds is 6. The van der Waals surface area contributed by atoms with Gasteiger partial charge in [0.15, 0.2) is 5.78 Å². The molecule has 0 spiro atoms. The van der Waals surface area contributed by atoms with Gasteiger partial charge < -0.3 is 9.84 Å². The van der Waals surface area contributed by atoms with Crippen LogP contribution in [0.5, 0.6) is 11.5 Å². The Bertz CT molecular complexity index is 924. The van der Waals surface area contributed by atoms with Crippen LogP contribution >= 0.6 is 23.2 Å². The Morgan fingerprint density at radius 1 is 0.962 bits per heavy atom. The first-order chi connectivity index (χ1) is 12.5. The van der Waals surface area contributed by atoms with E-state index < -0.39 is 0 Å². The molecule has 3 aromatic carbocycles. The molecule has 0 aliphatic rings. The van der Waals surface area contributed by atoms with Crippen LogP contribution in [0.25, 0.3) is 0 Å². The number of aromatic hydroxyl groups is 1. The van der Waals surface area contributed by atoms with Gasteiger partial charge in [-0.3, -0.25) is 4.79 Å². The summed E-state index contributed by atoms with van der Waals surface area (Å²) < 4.78 is 5.65. The lowest BCUT2D eigenvalue weighted by Crippen LogP contribution is -2.04. The van der Waals surface area contributed by atoms with E-state index in [1.165, 1.54) is 6.07 Å². The highest BCUT2D eigenvalue weighted by Gasteiger charge is 2.13. The summed E-state index contributed by atoms with van der Waals surface area (Å²) in [5.41, 5.74) is 1.94. The highest BCUT2D eigenvalue weighted by atomic mass is 35.5. The summed E-state index contributed by atoms with van der Waals surface area (Å²) in [5.74, 6) is 0.191. The molecule has 0 atom stereocenters. The lowest BCUT2D eigenvalue weighted by atomic mass is 10.0. The van der Waals surface area contributed by atoms with Gasteiger partial charge in [0.2, 0.25) is 0 Å². The monoisotopic (exact) mass is 386 g/mol. The van der Waals surface area contributed by atoms with Crippen LogP contribution in [0.3, 0.4) is 0 Å². The van der Waals surface area contributed by atoms with Crippen LogP contribution in [0.2, 0.25) is 10.0 Å². The molecule has 0 unspecified atom stereocenters. The molecular formula is C21H16Cl2O3. The zero-order valence-corrected chi connectivity index (χ0v) is 15.3. The molecule has 0 aliphatic carbocycles. The average molecular weight is 387 g/mol. The van der Waals surface area contributed by atoms with Crippen LogP contribution in [0.15, 0.2) is 66.7 Å². The summed E-state index contributed by atoms with van der Waals surface area (Å²) in [4.78, 5) is 12.4. The van der Waals surface area contributed by atoms with Crippen molar-refractivity contribution in [1.29, 1.82) is 0 Å². The average Bonchev–Trinajstić information content (AvgIpc) is 2.62. The fourth-order valence-electron chi connectivity index (χ4n) is 2.51. The van der Waals surface area contributed by atoms with Crippen molar-refractivity contribution in [3.8, 4) is 11.5 Å². The Kier molecular flexibility index (Phi) is 5.82. The lowest BCUT2D eigenvalue weighted by Gasteiger charge is -2.10. The van der Waals surface area contributed by atoms with Gasteiger partial charge >= 0.3 is 0 Å². The summed E-state index contributed by atoms with van der Waals surface area (Å²) >= 11 is 12.0. The van der Waals surface area contributed by atoms with E-state index in [2.05, 4.69) is 0 Å². The summed E-state index contributed by atoms with van der Waals surface area (Å²) in [6.07, 6.45) is 0.231. The fourth-order valence-corrected chi connectivity index (χ4v) is 2.98. The zero-order valence-electron chi connectivity index (χ0n) is 13.8. The van der Waals surface area contributed by atoms with Crippen LogP contribution in [-0.2, 0) is 13.0 Å². The second-order valence-corrected chi connectivity index (χ2v) is 6.63. The zero-order chi connectivity index (χ0) is 18.5. The molecule has 0 heterocycles. The van der Waals surface area contributed by atoms with Gasteiger partial charge in [0.05, 0.1) is 5.56 Å². The van der Waals surface area contributed by atoms with Crippen molar-refractivity contribution in [2.45, 2.75) is 13.0 Å².